The van der Waals surface area contributed by atoms with Gasteiger partial charge in [0.05, 0.1) is 5.56 Å². The number of aliphatic carboxylic acids is 1. The van der Waals surface area contributed by atoms with E-state index < -0.39 is 17.6 Å². The smallest absolute Gasteiger partial charge is 0.475 e. The van der Waals surface area contributed by atoms with Crippen molar-refractivity contribution in [1.29, 1.82) is 0 Å². The third-order valence-electron chi connectivity index (χ3n) is 5.72. The molecule has 0 radical (unpaired) electrons. The number of hydrogen-bond acceptors (Lipinski definition) is 5. The summed E-state index contributed by atoms with van der Waals surface area (Å²) in [7, 11) is 0. The molecule has 0 bridgehead atoms. The molecule has 1 N–H and O–H groups in total. The predicted octanol–water partition coefficient (Wildman–Crippen LogP) is 1.89. The lowest BCUT2D eigenvalue weighted by Crippen LogP contribution is -2.46. The standard InChI is InChI=1S/C20H28N4O3.C2HF3O2/c1-4-22-12-20(10-17(22)25)13-23(18(26)15(2)3)8-9-24(14-20)19(27)16-6-5-7-21-11-16;3-2(4,5)1(6)7/h5-7,11,15H,4,8-10,12-14H2,1-3H3;(H,6,7). The molecule has 1 aromatic heterocycles. The normalized spacial score (nSPS) is 20.8. The molecule has 1 spiro atoms. The van der Waals surface area contributed by atoms with Gasteiger partial charge in [-0.25, -0.2) is 4.79 Å². The maximum Gasteiger partial charge on any atom is 0.490 e. The SMILES string of the molecule is CCN1CC2(CC1=O)CN(C(=O)c1cccnc1)CCN(C(=O)C(C)C)C2.O=C(O)C(F)(F)F. The highest BCUT2D eigenvalue weighted by Crippen LogP contribution is 2.35. The van der Waals surface area contributed by atoms with Crippen LogP contribution in [0.3, 0.4) is 0 Å². The fourth-order valence-electron chi connectivity index (χ4n) is 4.14. The number of amides is 3. The molecule has 2 saturated heterocycles. The van der Waals surface area contributed by atoms with Crippen LogP contribution in [0.4, 0.5) is 13.2 Å². The van der Waals surface area contributed by atoms with Gasteiger partial charge in [-0.2, -0.15) is 13.2 Å². The van der Waals surface area contributed by atoms with E-state index in [0.717, 1.165) is 0 Å². The predicted molar refractivity (Wildman–Crippen MR) is 115 cm³/mol. The number of carboxylic acids is 1. The minimum absolute atomic E-state index is 0.0763. The molecule has 0 aromatic carbocycles. The van der Waals surface area contributed by atoms with Gasteiger partial charge in [-0.15, -0.1) is 0 Å². The first-order valence-corrected chi connectivity index (χ1v) is 10.9. The number of carbonyl (C=O) groups excluding carboxylic acids is 3. The third kappa shape index (κ3) is 6.67. The number of likely N-dealkylation sites (tertiary alicyclic amines) is 1. The van der Waals surface area contributed by atoms with Crippen molar-refractivity contribution in [2.45, 2.75) is 33.4 Å². The summed E-state index contributed by atoms with van der Waals surface area (Å²) in [6, 6.07) is 3.50. The second kappa shape index (κ2) is 10.8. The minimum Gasteiger partial charge on any atom is -0.475 e. The zero-order chi connectivity index (χ0) is 25.7. The number of aromatic nitrogens is 1. The molecule has 0 saturated carbocycles. The number of rotatable bonds is 3. The molecule has 3 heterocycles. The number of pyridine rings is 1. The van der Waals surface area contributed by atoms with Crippen molar-refractivity contribution >= 4 is 23.7 Å². The van der Waals surface area contributed by atoms with Crippen molar-refractivity contribution < 1.29 is 37.5 Å². The van der Waals surface area contributed by atoms with Crippen LogP contribution in [0.2, 0.25) is 0 Å². The van der Waals surface area contributed by atoms with Crippen molar-refractivity contribution in [2.75, 3.05) is 39.3 Å². The molecule has 9 nitrogen and oxygen atoms in total. The van der Waals surface area contributed by atoms with E-state index in [0.29, 0.717) is 51.3 Å². The molecule has 1 atom stereocenters. The summed E-state index contributed by atoms with van der Waals surface area (Å²) >= 11 is 0. The molecule has 3 amide bonds. The van der Waals surface area contributed by atoms with E-state index in [4.69, 9.17) is 9.90 Å². The number of carboxylic acid groups (broad SMARTS) is 1. The van der Waals surface area contributed by atoms with Crippen molar-refractivity contribution in [3.05, 3.63) is 30.1 Å². The van der Waals surface area contributed by atoms with E-state index in [-0.39, 0.29) is 23.6 Å². The molecule has 2 aliphatic heterocycles. The van der Waals surface area contributed by atoms with Crippen LogP contribution >= 0.6 is 0 Å². The van der Waals surface area contributed by atoms with Gasteiger partial charge in [-0.1, -0.05) is 13.8 Å². The minimum atomic E-state index is -5.08. The molecular weight excluding hydrogens is 457 g/mol. The van der Waals surface area contributed by atoms with E-state index in [9.17, 15) is 27.6 Å². The quantitative estimate of drug-likeness (QED) is 0.699. The Morgan fingerprint density at radius 2 is 1.74 bits per heavy atom. The Morgan fingerprint density at radius 1 is 1.15 bits per heavy atom. The summed E-state index contributed by atoms with van der Waals surface area (Å²) in [6.45, 7) is 8.92. The molecule has 12 heteroatoms. The lowest BCUT2D eigenvalue weighted by atomic mass is 9.85. The molecule has 2 fully saturated rings. The van der Waals surface area contributed by atoms with Gasteiger partial charge in [0.1, 0.15) is 0 Å². The Hall–Kier alpha value is -3.18. The van der Waals surface area contributed by atoms with Crippen molar-refractivity contribution in [3.63, 3.8) is 0 Å². The summed E-state index contributed by atoms with van der Waals surface area (Å²) < 4.78 is 31.7. The lowest BCUT2D eigenvalue weighted by molar-refractivity contribution is -0.192. The maximum atomic E-state index is 13.0. The highest BCUT2D eigenvalue weighted by Gasteiger charge is 2.47. The zero-order valence-corrected chi connectivity index (χ0v) is 19.3. The average Bonchev–Trinajstić information content (AvgIpc) is 2.97. The zero-order valence-electron chi connectivity index (χ0n) is 19.3. The number of hydrogen-bond donors (Lipinski definition) is 1. The highest BCUT2D eigenvalue weighted by molar-refractivity contribution is 5.94. The Morgan fingerprint density at radius 3 is 2.21 bits per heavy atom. The number of carbonyl (C=O) groups is 4. The van der Waals surface area contributed by atoms with E-state index in [1.807, 2.05) is 30.6 Å². The van der Waals surface area contributed by atoms with Crippen LogP contribution in [-0.2, 0) is 14.4 Å². The maximum absolute atomic E-state index is 13.0. The van der Waals surface area contributed by atoms with Crippen molar-refractivity contribution in [3.8, 4) is 0 Å². The lowest BCUT2D eigenvalue weighted by Gasteiger charge is -2.34. The first kappa shape index (κ1) is 27.1. The largest absolute Gasteiger partial charge is 0.490 e. The summed E-state index contributed by atoms with van der Waals surface area (Å²) in [5.41, 5.74) is 0.124. The second-order valence-electron chi connectivity index (χ2n) is 8.77. The third-order valence-corrected chi connectivity index (χ3v) is 5.72. The molecule has 1 aromatic rings. The van der Waals surface area contributed by atoms with Crippen LogP contribution < -0.4 is 0 Å². The topological polar surface area (TPSA) is 111 Å². The monoisotopic (exact) mass is 486 g/mol. The van der Waals surface area contributed by atoms with E-state index >= 15 is 0 Å². The van der Waals surface area contributed by atoms with Gasteiger partial charge in [0, 0.05) is 69.4 Å². The molecule has 1 unspecified atom stereocenters. The Bertz CT molecular complexity index is 910. The Balaban J connectivity index is 0.000000509. The molecule has 3 rings (SSSR count). The van der Waals surface area contributed by atoms with Crippen LogP contribution in [0.1, 0.15) is 37.6 Å². The second-order valence-corrected chi connectivity index (χ2v) is 8.77. The molecule has 0 aliphatic carbocycles. The summed E-state index contributed by atoms with van der Waals surface area (Å²) in [5, 5.41) is 7.12. The number of halogens is 3. The van der Waals surface area contributed by atoms with Crippen molar-refractivity contribution in [2.24, 2.45) is 11.3 Å². The van der Waals surface area contributed by atoms with E-state index in [1.54, 1.807) is 29.4 Å². The van der Waals surface area contributed by atoms with Crippen LogP contribution in [-0.4, -0.2) is 93.9 Å². The van der Waals surface area contributed by atoms with Gasteiger partial charge in [0.25, 0.3) is 5.91 Å². The van der Waals surface area contributed by atoms with E-state index in [1.165, 1.54) is 0 Å². The van der Waals surface area contributed by atoms with Gasteiger partial charge < -0.3 is 19.8 Å². The summed E-state index contributed by atoms with van der Waals surface area (Å²) in [6.07, 6.45) is -1.51. The first-order valence-electron chi connectivity index (χ1n) is 10.9. The fraction of sp³-hybridized carbons (Fsp3) is 0.591. The molecule has 188 valence electrons. The molecule has 34 heavy (non-hydrogen) atoms. The van der Waals surface area contributed by atoms with Crippen LogP contribution in [0.25, 0.3) is 0 Å². The van der Waals surface area contributed by atoms with Gasteiger partial charge in [0.2, 0.25) is 11.8 Å². The molecular formula is C22H29F3N4O5. The van der Waals surface area contributed by atoms with Crippen LogP contribution in [0, 0.1) is 11.3 Å². The number of alkyl halides is 3. The van der Waals surface area contributed by atoms with Crippen LogP contribution in [0.15, 0.2) is 24.5 Å². The van der Waals surface area contributed by atoms with Gasteiger partial charge >= 0.3 is 12.1 Å². The van der Waals surface area contributed by atoms with Gasteiger partial charge in [0.15, 0.2) is 0 Å². The Labute approximate surface area is 195 Å². The van der Waals surface area contributed by atoms with E-state index in [2.05, 4.69) is 4.98 Å². The highest BCUT2D eigenvalue weighted by atomic mass is 19.4. The van der Waals surface area contributed by atoms with Crippen LogP contribution in [0.5, 0.6) is 0 Å². The summed E-state index contributed by atoms with van der Waals surface area (Å²) in [5.74, 6) is -2.78. The van der Waals surface area contributed by atoms with Gasteiger partial charge in [-0.3, -0.25) is 19.4 Å². The molecule has 2 aliphatic rings. The fourth-order valence-corrected chi connectivity index (χ4v) is 4.14. The van der Waals surface area contributed by atoms with Gasteiger partial charge in [-0.05, 0) is 19.1 Å². The first-order chi connectivity index (χ1) is 15.8. The van der Waals surface area contributed by atoms with Crippen molar-refractivity contribution in [1.82, 2.24) is 19.7 Å². The summed E-state index contributed by atoms with van der Waals surface area (Å²) in [4.78, 5) is 56.6. The number of nitrogens with zero attached hydrogens (tertiary/aromatic N) is 4. The Kier molecular flexibility index (Phi) is 8.62. The average molecular weight is 486 g/mol.